The number of ether oxygens (including phenoxy) is 2. The standard InChI is InChI=1S/C29H35N3O6S/c1-20-15-24(36-3)16-21(2)28(20)39(34,35)32-13-8-7-11-23(32)18-37-19-27(33)31-14-12-25-26(17-31)38-29(30-25)22-9-5-4-6-10-22/h4-6,9-10,15-16,23H,7-8,11-14,17-19H2,1-3H3. The number of nitrogens with zero attached hydrogens (tertiary/aromatic N) is 3. The summed E-state index contributed by atoms with van der Waals surface area (Å²) in [6.45, 7) is 4.95. The minimum absolute atomic E-state index is 0.111. The first-order valence-electron chi connectivity index (χ1n) is 13.3. The quantitative estimate of drug-likeness (QED) is 0.414. The van der Waals surface area contributed by atoms with Gasteiger partial charge in [-0.15, -0.1) is 0 Å². The number of oxazole rings is 1. The number of aromatic nitrogens is 1. The molecule has 5 rings (SSSR count). The number of amides is 1. The lowest BCUT2D eigenvalue weighted by atomic mass is 10.1. The fraction of sp³-hybridized carbons (Fsp3) is 0.448. The topological polar surface area (TPSA) is 102 Å². The molecule has 10 heteroatoms. The number of hydrogen-bond donors (Lipinski definition) is 0. The van der Waals surface area contributed by atoms with Crippen LogP contribution in [0.3, 0.4) is 0 Å². The number of carbonyl (C=O) groups excluding carboxylic acids is 1. The smallest absolute Gasteiger partial charge is 0.248 e. The van der Waals surface area contributed by atoms with Crippen LogP contribution in [-0.4, -0.2) is 68.0 Å². The first-order chi connectivity index (χ1) is 18.8. The molecular weight excluding hydrogens is 518 g/mol. The van der Waals surface area contributed by atoms with Gasteiger partial charge in [-0.05, 0) is 62.1 Å². The maximum absolute atomic E-state index is 13.7. The van der Waals surface area contributed by atoms with Gasteiger partial charge >= 0.3 is 0 Å². The highest BCUT2D eigenvalue weighted by Crippen LogP contribution is 2.32. The lowest BCUT2D eigenvalue weighted by Gasteiger charge is -2.35. The molecule has 0 aliphatic carbocycles. The fourth-order valence-corrected chi connectivity index (χ4v) is 7.59. The van der Waals surface area contributed by atoms with Gasteiger partial charge in [0.1, 0.15) is 18.1 Å². The molecule has 1 amide bonds. The van der Waals surface area contributed by atoms with Crippen LogP contribution in [-0.2, 0) is 32.5 Å². The van der Waals surface area contributed by atoms with Crippen molar-refractivity contribution in [3.8, 4) is 17.2 Å². The Morgan fingerprint density at radius 3 is 2.56 bits per heavy atom. The Balaban J connectivity index is 1.21. The first kappa shape index (κ1) is 27.4. The van der Waals surface area contributed by atoms with E-state index in [2.05, 4.69) is 4.98 Å². The molecule has 0 saturated carbocycles. The van der Waals surface area contributed by atoms with Crippen molar-refractivity contribution in [2.75, 3.05) is 33.4 Å². The van der Waals surface area contributed by atoms with Crippen LogP contribution in [0.2, 0.25) is 0 Å². The molecule has 39 heavy (non-hydrogen) atoms. The van der Waals surface area contributed by atoms with Crippen LogP contribution in [0.25, 0.3) is 11.5 Å². The Morgan fingerprint density at radius 2 is 1.85 bits per heavy atom. The number of piperidine rings is 1. The second-order valence-electron chi connectivity index (χ2n) is 10.2. The Hall–Kier alpha value is -3.21. The van der Waals surface area contributed by atoms with E-state index in [1.807, 2.05) is 30.3 Å². The summed E-state index contributed by atoms with van der Waals surface area (Å²) in [5, 5.41) is 0. The van der Waals surface area contributed by atoms with E-state index in [0.717, 1.165) is 24.1 Å². The van der Waals surface area contributed by atoms with Crippen molar-refractivity contribution in [3.63, 3.8) is 0 Å². The van der Waals surface area contributed by atoms with Crippen molar-refractivity contribution in [1.29, 1.82) is 0 Å². The van der Waals surface area contributed by atoms with Gasteiger partial charge in [-0.25, -0.2) is 13.4 Å². The van der Waals surface area contributed by atoms with Gasteiger partial charge in [0, 0.05) is 31.1 Å². The second-order valence-corrected chi connectivity index (χ2v) is 12.0. The predicted molar refractivity (Wildman–Crippen MR) is 146 cm³/mol. The molecule has 1 aromatic heterocycles. The fourth-order valence-electron chi connectivity index (χ4n) is 5.50. The normalized spacial score (nSPS) is 18.1. The third-order valence-electron chi connectivity index (χ3n) is 7.45. The van der Waals surface area contributed by atoms with E-state index in [1.54, 1.807) is 42.3 Å². The molecule has 1 fully saturated rings. The first-order valence-corrected chi connectivity index (χ1v) is 14.8. The number of fused-ring (bicyclic) bond motifs is 1. The van der Waals surface area contributed by atoms with Crippen LogP contribution in [0, 0.1) is 13.8 Å². The zero-order valence-electron chi connectivity index (χ0n) is 22.7. The third-order valence-corrected chi connectivity index (χ3v) is 9.71. The molecule has 2 aliphatic heterocycles. The molecule has 0 bridgehead atoms. The van der Waals surface area contributed by atoms with Crippen molar-refractivity contribution in [2.45, 2.75) is 57.0 Å². The van der Waals surface area contributed by atoms with Crippen LogP contribution in [0.15, 0.2) is 51.8 Å². The third kappa shape index (κ3) is 5.73. The van der Waals surface area contributed by atoms with Gasteiger partial charge in [-0.3, -0.25) is 4.79 Å². The van der Waals surface area contributed by atoms with Crippen LogP contribution >= 0.6 is 0 Å². The van der Waals surface area contributed by atoms with Gasteiger partial charge in [0.2, 0.25) is 21.8 Å². The summed E-state index contributed by atoms with van der Waals surface area (Å²) >= 11 is 0. The molecular formula is C29H35N3O6S. The molecule has 208 valence electrons. The Kier molecular flexibility index (Phi) is 8.06. The second kappa shape index (κ2) is 11.5. The molecule has 1 atom stereocenters. The molecule has 1 saturated heterocycles. The van der Waals surface area contributed by atoms with E-state index < -0.39 is 10.0 Å². The van der Waals surface area contributed by atoms with Crippen LogP contribution < -0.4 is 4.74 Å². The van der Waals surface area contributed by atoms with Crippen molar-refractivity contribution in [3.05, 3.63) is 65.0 Å². The molecule has 0 N–H and O–H groups in total. The number of methoxy groups -OCH3 is 1. The SMILES string of the molecule is COc1cc(C)c(S(=O)(=O)N2CCCCC2COCC(=O)N2CCc3nc(-c4ccccc4)oc3C2)c(C)c1. The lowest BCUT2D eigenvalue weighted by Crippen LogP contribution is -2.47. The summed E-state index contributed by atoms with van der Waals surface area (Å²) in [5.41, 5.74) is 3.09. The molecule has 1 unspecified atom stereocenters. The molecule has 3 heterocycles. The molecule has 0 radical (unpaired) electrons. The molecule has 9 nitrogen and oxygen atoms in total. The average molecular weight is 554 g/mol. The highest BCUT2D eigenvalue weighted by atomic mass is 32.2. The summed E-state index contributed by atoms with van der Waals surface area (Å²) in [6.07, 6.45) is 3.02. The number of aryl methyl sites for hydroxylation is 2. The van der Waals surface area contributed by atoms with E-state index in [1.165, 1.54) is 0 Å². The van der Waals surface area contributed by atoms with Crippen LogP contribution in [0.4, 0.5) is 0 Å². The van der Waals surface area contributed by atoms with Gasteiger partial charge in [-0.2, -0.15) is 4.31 Å². The Labute approximate surface area is 229 Å². The summed E-state index contributed by atoms with van der Waals surface area (Å²) < 4.78 is 46.2. The Morgan fingerprint density at radius 1 is 1.10 bits per heavy atom. The van der Waals surface area contributed by atoms with Gasteiger partial charge in [0.05, 0.1) is 30.9 Å². The zero-order valence-corrected chi connectivity index (χ0v) is 23.5. The van der Waals surface area contributed by atoms with Gasteiger partial charge in [0.15, 0.2) is 0 Å². The van der Waals surface area contributed by atoms with E-state index in [4.69, 9.17) is 13.9 Å². The predicted octanol–water partition coefficient (Wildman–Crippen LogP) is 4.11. The number of benzene rings is 2. The molecule has 2 aliphatic rings. The van der Waals surface area contributed by atoms with Gasteiger partial charge in [0.25, 0.3) is 0 Å². The van der Waals surface area contributed by atoms with Crippen molar-refractivity contribution >= 4 is 15.9 Å². The van der Waals surface area contributed by atoms with Crippen molar-refractivity contribution in [1.82, 2.24) is 14.2 Å². The van der Waals surface area contributed by atoms with Crippen molar-refractivity contribution in [2.24, 2.45) is 0 Å². The highest BCUT2D eigenvalue weighted by Gasteiger charge is 2.36. The molecule has 0 spiro atoms. The zero-order chi connectivity index (χ0) is 27.6. The lowest BCUT2D eigenvalue weighted by molar-refractivity contribution is -0.137. The molecule has 3 aromatic rings. The number of sulfonamides is 1. The number of carbonyl (C=O) groups is 1. The summed E-state index contributed by atoms with van der Waals surface area (Å²) in [6, 6.07) is 12.9. The minimum atomic E-state index is -3.74. The van der Waals surface area contributed by atoms with Gasteiger partial charge < -0.3 is 18.8 Å². The maximum Gasteiger partial charge on any atom is 0.248 e. The van der Waals surface area contributed by atoms with Crippen molar-refractivity contribution < 1.29 is 27.1 Å². The van der Waals surface area contributed by atoms with E-state index >= 15 is 0 Å². The van der Waals surface area contributed by atoms with Gasteiger partial charge in [-0.1, -0.05) is 24.6 Å². The maximum atomic E-state index is 13.7. The monoisotopic (exact) mass is 553 g/mol. The number of rotatable bonds is 8. The van der Waals surface area contributed by atoms with Crippen LogP contribution in [0.1, 0.15) is 41.8 Å². The van der Waals surface area contributed by atoms with E-state index in [9.17, 15) is 13.2 Å². The number of hydrogen-bond acceptors (Lipinski definition) is 7. The Bertz CT molecular complexity index is 1410. The summed E-state index contributed by atoms with van der Waals surface area (Å²) in [4.78, 5) is 19.6. The van der Waals surface area contributed by atoms with Crippen LogP contribution in [0.5, 0.6) is 5.75 Å². The van der Waals surface area contributed by atoms with E-state index in [0.29, 0.717) is 65.9 Å². The molecule has 2 aromatic carbocycles. The largest absolute Gasteiger partial charge is 0.497 e. The summed E-state index contributed by atoms with van der Waals surface area (Å²) in [5.74, 6) is 1.74. The minimum Gasteiger partial charge on any atom is -0.497 e. The summed E-state index contributed by atoms with van der Waals surface area (Å²) in [7, 11) is -2.17. The average Bonchev–Trinajstić information content (AvgIpc) is 3.37. The van der Waals surface area contributed by atoms with E-state index in [-0.39, 0.29) is 25.2 Å². The highest BCUT2D eigenvalue weighted by molar-refractivity contribution is 7.89.